The van der Waals surface area contributed by atoms with Gasteiger partial charge in [-0.2, -0.15) is 0 Å². The first-order valence-electron chi connectivity index (χ1n) is 7.90. The lowest BCUT2D eigenvalue weighted by Gasteiger charge is -2.04. The number of carbonyl (C=O) groups excluding carboxylic acids is 1. The van der Waals surface area contributed by atoms with Gasteiger partial charge in [-0.15, -0.1) is 0 Å². The molecule has 0 saturated heterocycles. The van der Waals surface area contributed by atoms with Crippen LogP contribution in [-0.4, -0.2) is 12.4 Å². The van der Waals surface area contributed by atoms with Crippen molar-refractivity contribution < 1.29 is 9.53 Å². The molecule has 0 aliphatic carbocycles. The standard InChI is InChI=1S/C18H28O2/c1-17(19)12-8-5-3-2-4-6-11-15-20-16-18-13-9-7-10-14-18/h7,9-10,13-14H,2-6,8,11-12,15-16H2,1H3. The second kappa shape index (κ2) is 11.7. The molecule has 1 aromatic carbocycles. The molecule has 0 bridgehead atoms. The van der Waals surface area contributed by atoms with E-state index in [1.54, 1.807) is 6.92 Å². The molecule has 1 rings (SSSR count). The molecule has 1 aromatic rings. The third-order valence-electron chi connectivity index (χ3n) is 3.43. The Balaban J connectivity index is 1.80. The molecule has 0 spiro atoms. The van der Waals surface area contributed by atoms with Gasteiger partial charge >= 0.3 is 0 Å². The molecule has 2 heteroatoms. The van der Waals surface area contributed by atoms with Crippen molar-refractivity contribution in [3.05, 3.63) is 35.9 Å². The number of hydrogen-bond donors (Lipinski definition) is 0. The highest BCUT2D eigenvalue weighted by atomic mass is 16.5. The number of rotatable bonds is 12. The highest BCUT2D eigenvalue weighted by molar-refractivity contribution is 5.75. The summed E-state index contributed by atoms with van der Waals surface area (Å²) in [7, 11) is 0. The van der Waals surface area contributed by atoms with Crippen LogP contribution >= 0.6 is 0 Å². The SMILES string of the molecule is CC(=O)CCCCCCCCCOCc1ccccc1. The van der Waals surface area contributed by atoms with E-state index >= 15 is 0 Å². The van der Waals surface area contributed by atoms with Crippen molar-refractivity contribution in [1.82, 2.24) is 0 Å². The molecule has 0 aromatic heterocycles. The summed E-state index contributed by atoms with van der Waals surface area (Å²) in [4.78, 5) is 10.8. The van der Waals surface area contributed by atoms with Crippen molar-refractivity contribution in [3.8, 4) is 0 Å². The maximum absolute atomic E-state index is 10.8. The Labute approximate surface area is 123 Å². The third kappa shape index (κ3) is 9.74. The molecule has 112 valence electrons. The lowest BCUT2D eigenvalue weighted by molar-refractivity contribution is -0.117. The number of Topliss-reactive ketones (excluding diaryl/α,β-unsaturated/α-hetero) is 1. The molecular weight excluding hydrogens is 248 g/mol. The quantitative estimate of drug-likeness (QED) is 0.507. The van der Waals surface area contributed by atoms with Crippen LogP contribution in [0.2, 0.25) is 0 Å². The van der Waals surface area contributed by atoms with Crippen molar-refractivity contribution in [1.29, 1.82) is 0 Å². The van der Waals surface area contributed by atoms with E-state index in [1.165, 1.54) is 37.7 Å². The summed E-state index contributed by atoms with van der Waals surface area (Å²) < 4.78 is 5.65. The Morgan fingerprint density at radius 1 is 0.900 bits per heavy atom. The molecular formula is C18H28O2. The highest BCUT2D eigenvalue weighted by Gasteiger charge is 1.95. The fourth-order valence-electron chi connectivity index (χ4n) is 2.23. The largest absolute Gasteiger partial charge is 0.377 e. The zero-order chi connectivity index (χ0) is 14.5. The molecule has 0 fully saturated rings. The van der Waals surface area contributed by atoms with Gasteiger partial charge in [-0.25, -0.2) is 0 Å². The molecule has 0 N–H and O–H groups in total. The molecule has 0 aliphatic heterocycles. The monoisotopic (exact) mass is 276 g/mol. The summed E-state index contributed by atoms with van der Waals surface area (Å²) in [6, 6.07) is 10.3. The molecule has 0 atom stereocenters. The molecule has 20 heavy (non-hydrogen) atoms. The van der Waals surface area contributed by atoms with Crippen LogP contribution in [0.1, 0.15) is 63.9 Å². The van der Waals surface area contributed by atoms with Crippen LogP contribution in [-0.2, 0) is 16.1 Å². The topological polar surface area (TPSA) is 26.3 Å². The van der Waals surface area contributed by atoms with Gasteiger partial charge in [0.2, 0.25) is 0 Å². The van der Waals surface area contributed by atoms with E-state index in [0.717, 1.165) is 32.5 Å². The lowest BCUT2D eigenvalue weighted by Crippen LogP contribution is -1.95. The predicted octanol–water partition coefficient (Wildman–Crippen LogP) is 4.91. The zero-order valence-corrected chi connectivity index (χ0v) is 12.8. The number of unbranched alkanes of at least 4 members (excludes halogenated alkanes) is 6. The van der Waals surface area contributed by atoms with Crippen LogP contribution in [0.3, 0.4) is 0 Å². The predicted molar refractivity (Wildman–Crippen MR) is 83.7 cm³/mol. The number of carbonyl (C=O) groups is 1. The number of ether oxygens (including phenoxy) is 1. The first-order chi connectivity index (χ1) is 9.79. The van der Waals surface area contributed by atoms with E-state index in [9.17, 15) is 4.79 Å². The van der Waals surface area contributed by atoms with E-state index in [2.05, 4.69) is 12.1 Å². The van der Waals surface area contributed by atoms with Crippen LogP contribution in [0.5, 0.6) is 0 Å². The minimum atomic E-state index is 0.320. The van der Waals surface area contributed by atoms with Gasteiger partial charge in [-0.05, 0) is 25.3 Å². The Morgan fingerprint density at radius 2 is 1.50 bits per heavy atom. The van der Waals surface area contributed by atoms with E-state index in [1.807, 2.05) is 18.2 Å². The zero-order valence-electron chi connectivity index (χ0n) is 12.8. The average Bonchev–Trinajstić information content (AvgIpc) is 2.45. The second-order valence-electron chi connectivity index (χ2n) is 5.47. The van der Waals surface area contributed by atoms with Crippen LogP contribution in [0.25, 0.3) is 0 Å². The molecule has 0 heterocycles. The fraction of sp³-hybridized carbons (Fsp3) is 0.611. The number of hydrogen-bond acceptors (Lipinski definition) is 2. The lowest BCUT2D eigenvalue weighted by atomic mass is 10.1. The van der Waals surface area contributed by atoms with Crippen molar-refractivity contribution in [2.45, 2.75) is 64.9 Å². The smallest absolute Gasteiger partial charge is 0.129 e. The van der Waals surface area contributed by atoms with Gasteiger partial charge in [0.25, 0.3) is 0 Å². The first kappa shape index (κ1) is 16.9. The van der Waals surface area contributed by atoms with Crippen molar-refractivity contribution in [2.24, 2.45) is 0 Å². The van der Waals surface area contributed by atoms with E-state index in [0.29, 0.717) is 5.78 Å². The van der Waals surface area contributed by atoms with E-state index in [4.69, 9.17) is 4.74 Å². The van der Waals surface area contributed by atoms with Crippen LogP contribution in [0, 0.1) is 0 Å². The Bertz CT molecular complexity index is 346. The normalized spacial score (nSPS) is 10.7. The Hall–Kier alpha value is -1.15. The number of benzene rings is 1. The van der Waals surface area contributed by atoms with Gasteiger partial charge in [0.05, 0.1) is 6.61 Å². The van der Waals surface area contributed by atoms with E-state index in [-0.39, 0.29) is 0 Å². The van der Waals surface area contributed by atoms with Crippen LogP contribution in [0.4, 0.5) is 0 Å². The second-order valence-corrected chi connectivity index (χ2v) is 5.47. The Kier molecular flexibility index (Phi) is 9.85. The van der Waals surface area contributed by atoms with Gasteiger partial charge < -0.3 is 9.53 Å². The summed E-state index contributed by atoms with van der Waals surface area (Å²) in [5, 5.41) is 0. The Morgan fingerprint density at radius 3 is 2.15 bits per heavy atom. The van der Waals surface area contributed by atoms with Gasteiger partial charge in [0.15, 0.2) is 0 Å². The summed E-state index contributed by atoms with van der Waals surface area (Å²) >= 11 is 0. The summed E-state index contributed by atoms with van der Waals surface area (Å²) in [5.74, 6) is 0.320. The summed E-state index contributed by atoms with van der Waals surface area (Å²) in [6.45, 7) is 3.26. The molecule has 0 aliphatic rings. The minimum Gasteiger partial charge on any atom is -0.377 e. The van der Waals surface area contributed by atoms with Gasteiger partial charge in [-0.3, -0.25) is 0 Å². The third-order valence-corrected chi connectivity index (χ3v) is 3.43. The average molecular weight is 276 g/mol. The summed E-state index contributed by atoms with van der Waals surface area (Å²) in [6.07, 6.45) is 9.26. The maximum atomic E-state index is 10.8. The first-order valence-corrected chi connectivity index (χ1v) is 7.90. The minimum absolute atomic E-state index is 0.320. The van der Waals surface area contributed by atoms with Crippen LogP contribution in [0.15, 0.2) is 30.3 Å². The maximum Gasteiger partial charge on any atom is 0.129 e. The van der Waals surface area contributed by atoms with Gasteiger partial charge in [0.1, 0.15) is 5.78 Å². The van der Waals surface area contributed by atoms with Crippen molar-refractivity contribution in [3.63, 3.8) is 0 Å². The fourth-order valence-corrected chi connectivity index (χ4v) is 2.23. The molecule has 0 radical (unpaired) electrons. The van der Waals surface area contributed by atoms with Crippen molar-refractivity contribution >= 4 is 5.78 Å². The number of ketones is 1. The molecule has 0 saturated carbocycles. The van der Waals surface area contributed by atoms with Crippen molar-refractivity contribution in [2.75, 3.05) is 6.61 Å². The van der Waals surface area contributed by atoms with E-state index < -0.39 is 0 Å². The van der Waals surface area contributed by atoms with Crippen LogP contribution < -0.4 is 0 Å². The molecule has 0 amide bonds. The molecule has 0 unspecified atom stereocenters. The summed E-state index contributed by atoms with van der Waals surface area (Å²) in [5.41, 5.74) is 1.25. The van der Waals surface area contributed by atoms with Gasteiger partial charge in [-0.1, -0.05) is 62.4 Å². The molecule has 2 nitrogen and oxygen atoms in total. The highest BCUT2D eigenvalue weighted by Crippen LogP contribution is 2.09. The van der Waals surface area contributed by atoms with Gasteiger partial charge in [0, 0.05) is 13.0 Å².